The number of fused-ring (bicyclic) bond motifs is 3. The Hall–Kier alpha value is -4.42. The molecule has 264 valence electrons. The minimum Gasteiger partial charge on any atom is -0.870 e. The summed E-state index contributed by atoms with van der Waals surface area (Å²) in [5, 5.41) is 0.694. The van der Waals surface area contributed by atoms with Gasteiger partial charge in [-0.25, -0.2) is 19.0 Å². The van der Waals surface area contributed by atoms with Crippen molar-refractivity contribution >= 4 is 41.0 Å². The fraction of sp³-hybridized carbons (Fsp3) is 0.324. The van der Waals surface area contributed by atoms with Crippen LogP contribution in [0.3, 0.4) is 0 Å². The SMILES string of the molecule is COc1ccc([C@H](Cc2c(Cl)c[nH+]cc2Cl)OC(=O)c2ccc(CN(C(=O)O[C@H]3CN4CCC3CC4)c3ccccc3)cc2F)cc1OC.[OH-]. The van der Waals surface area contributed by atoms with Crippen molar-refractivity contribution in [2.24, 2.45) is 5.92 Å². The summed E-state index contributed by atoms with van der Waals surface area (Å²) in [5.74, 6) is -0.437. The first-order valence-corrected chi connectivity index (χ1v) is 16.8. The molecule has 1 amide bonds. The molecule has 0 spiro atoms. The van der Waals surface area contributed by atoms with Gasteiger partial charge in [0.25, 0.3) is 0 Å². The highest BCUT2D eigenvalue weighted by Crippen LogP contribution is 2.36. The molecule has 3 aliphatic heterocycles. The highest BCUT2D eigenvalue weighted by Gasteiger charge is 2.37. The summed E-state index contributed by atoms with van der Waals surface area (Å²) in [6.45, 7) is 2.80. The van der Waals surface area contributed by atoms with E-state index in [-0.39, 0.29) is 30.1 Å². The van der Waals surface area contributed by atoms with Crippen molar-refractivity contribution in [2.75, 3.05) is 38.8 Å². The van der Waals surface area contributed by atoms with Crippen LogP contribution in [0.4, 0.5) is 14.9 Å². The Balaban J connectivity index is 0.00000486. The summed E-state index contributed by atoms with van der Waals surface area (Å²) >= 11 is 12.9. The number of aromatic nitrogens is 1. The average Bonchev–Trinajstić information content (AvgIpc) is 3.12. The standard InChI is InChI=1S/C37H36Cl2FN3O6.H2O/c1-46-32-11-9-25(17-34(32)47-2)33(18-28-29(38)19-41-20-30(28)39)48-36(44)27-10-8-23(16-31(27)40)21-43(26-6-4-3-5-7-26)37(45)49-35-22-42-14-12-24(35)13-15-42;/h3-11,16-17,19-20,24,33,35H,12-15,18,21-22H2,1-2H3;1H2/t33-,35-;/m0./s1. The number of hydrogen-bond donors (Lipinski definition) is 0. The van der Waals surface area contributed by atoms with Gasteiger partial charge in [-0.3, -0.25) is 9.80 Å². The number of amides is 1. The molecule has 3 aromatic carbocycles. The monoisotopic (exact) mass is 725 g/mol. The van der Waals surface area contributed by atoms with Crippen LogP contribution in [0.1, 0.15) is 46.0 Å². The first-order chi connectivity index (χ1) is 23.7. The lowest BCUT2D eigenvalue weighted by atomic mass is 9.86. The predicted molar refractivity (Wildman–Crippen MR) is 185 cm³/mol. The van der Waals surface area contributed by atoms with Gasteiger partial charge in [0.05, 0.1) is 26.3 Å². The Bertz CT molecular complexity index is 1790. The van der Waals surface area contributed by atoms with Gasteiger partial charge < -0.3 is 24.4 Å². The van der Waals surface area contributed by atoms with Crippen LogP contribution < -0.4 is 19.4 Å². The lowest BCUT2D eigenvalue weighted by molar-refractivity contribution is -0.377. The molecule has 3 fully saturated rings. The van der Waals surface area contributed by atoms with Gasteiger partial charge in [-0.15, -0.1) is 0 Å². The number of nitrogens with zero attached hydrogens (tertiary/aromatic N) is 2. The van der Waals surface area contributed by atoms with Crippen LogP contribution in [0.2, 0.25) is 10.0 Å². The third kappa shape index (κ3) is 8.30. The van der Waals surface area contributed by atoms with Crippen molar-refractivity contribution in [1.82, 2.24) is 4.90 Å². The molecule has 3 saturated heterocycles. The number of nitrogens with one attached hydrogen (secondary N) is 1. The van der Waals surface area contributed by atoms with E-state index in [1.54, 1.807) is 48.8 Å². The number of halogens is 3. The largest absolute Gasteiger partial charge is 0.870 e. The Labute approximate surface area is 299 Å². The summed E-state index contributed by atoms with van der Waals surface area (Å²) in [6, 6.07) is 18.4. The number of anilines is 1. The Morgan fingerprint density at radius 2 is 1.66 bits per heavy atom. The van der Waals surface area contributed by atoms with Crippen LogP contribution in [-0.2, 0) is 22.4 Å². The molecule has 0 unspecified atom stereocenters. The molecule has 50 heavy (non-hydrogen) atoms. The van der Waals surface area contributed by atoms with Crippen molar-refractivity contribution in [3.63, 3.8) is 0 Å². The highest BCUT2D eigenvalue weighted by atomic mass is 35.5. The van der Waals surface area contributed by atoms with Crippen LogP contribution in [0.15, 0.2) is 79.1 Å². The smallest absolute Gasteiger partial charge is 0.414 e. The number of methoxy groups -OCH3 is 2. The fourth-order valence-electron chi connectivity index (χ4n) is 6.44. The van der Waals surface area contributed by atoms with E-state index >= 15 is 4.39 Å². The molecular weight excluding hydrogens is 688 g/mol. The number of esters is 1. The quantitative estimate of drug-likeness (QED) is 0.149. The minimum atomic E-state index is -0.918. The molecule has 3 aliphatic rings. The van der Waals surface area contributed by atoms with E-state index in [0.29, 0.717) is 49.8 Å². The van der Waals surface area contributed by atoms with Crippen molar-refractivity contribution in [1.29, 1.82) is 0 Å². The minimum absolute atomic E-state index is 0. The van der Waals surface area contributed by atoms with E-state index in [2.05, 4.69) is 9.88 Å². The molecule has 4 heterocycles. The maximum absolute atomic E-state index is 15.7. The third-order valence-electron chi connectivity index (χ3n) is 9.15. The van der Waals surface area contributed by atoms with Crippen LogP contribution in [-0.4, -0.2) is 62.4 Å². The van der Waals surface area contributed by atoms with Crippen molar-refractivity contribution in [3.05, 3.63) is 117 Å². The molecule has 7 rings (SSSR count). The summed E-state index contributed by atoms with van der Waals surface area (Å²) in [6.07, 6.45) is 3.64. The van der Waals surface area contributed by atoms with Gasteiger partial charge in [-0.05, 0) is 79.4 Å². The molecule has 13 heteroatoms. The number of para-hydroxylation sites is 1. The predicted octanol–water partition coefficient (Wildman–Crippen LogP) is 7.17. The van der Waals surface area contributed by atoms with Crippen LogP contribution in [0.5, 0.6) is 11.5 Å². The Morgan fingerprint density at radius 1 is 0.960 bits per heavy atom. The average molecular weight is 727 g/mol. The van der Waals surface area contributed by atoms with Crippen LogP contribution >= 0.6 is 23.2 Å². The Morgan fingerprint density at radius 3 is 2.28 bits per heavy atom. The summed E-state index contributed by atoms with van der Waals surface area (Å²) < 4.78 is 38.5. The van der Waals surface area contributed by atoms with E-state index in [9.17, 15) is 9.59 Å². The number of carbonyl (C=O) groups excluding carboxylic acids is 2. The van der Waals surface area contributed by atoms with E-state index in [1.807, 2.05) is 18.2 Å². The number of benzene rings is 3. The zero-order chi connectivity index (χ0) is 34.5. The number of ether oxygens (including phenoxy) is 4. The van der Waals surface area contributed by atoms with Gasteiger partial charge in [-0.1, -0.05) is 53.5 Å². The molecule has 0 aliphatic carbocycles. The summed E-state index contributed by atoms with van der Waals surface area (Å²) in [4.78, 5) is 33.8. The summed E-state index contributed by atoms with van der Waals surface area (Å²) in [7, 11) is 3.01. The zero-order valence-electron chi connectivity index (χ0n) is 27.6. The first-order valence-electron chi connectivity index (χ1n) is 16.0. The molecule has 0 saturated carbocycles. The first kappa shape index (κ1) is 36.9. The van der Waals surface area contributed by atoms with Gasteiger partial charge in [0.1, 0.15) is 28.1 Å². The van der Waals surface area contributed by atoms with Crippen LogP contribution in [0.25, 0.3) is 0 Å². The number of carbonyl (C=O) groups is 2. The van der Waals surface area contributed by atoms with E-state index < -0.39 is 24.0 Å². The molecule has 2 bridgehead atoms. The fourth-order valence-corrected chi connectivity index (χ4v) is 6.97. The van der Waals surface area contributed by atoms with Crippen molar-refractivity contribution in [3.8, 4) is 11.5 Å². The lowest BCUT2D eigenvalue weighted by Crippen LogP contribution is -2.53. The van der Waals surface area contributed by atoms with Crippen LogP contribution in [0, 0.1) is 11.7 Å². The maximum Gasteiger partial charge on any atom is 0.414 e. The number of piperidine rings is 3. The van der Waals surface area contributed by atoms with Gasteiger partial charge in [-0.2, -0.15) is 0 Å². The molecule has 4 aromatic rings. The number of aromatic amines is 1. The topological polar surface area (TPSA) is 122 Å². The second kappa shape index (κ2) is 16.5. The van der Waals surface area contributed by atoms with E-state index in [4.69, 9.17) is 42.1 Å². The van der Waals surface area contributed by atoms with Crippen molar-refractivity contribution < 1.29 is 43.4 Å². The molecule has 2 N–H and O–H groups in total. The third-order valence-corrected chi connectivity index (χ3v) is 9.82. The van der Waals surface area contributed by atoms with Gasteiger partial charge in [0.2, 0.25) is 0 Å². The Kier molecular flexibility index (Phi) is 12.2. The van der Waals surface area contributed by atoms with E-state index in [1.165, 1.54) is 31.3 Å². The van der Waals surface area contributed by atoms with E-state index in [0.717, 1.165) is 32.5 Å². The highest BCUT2D eigenvalue weighted by molar-refractivity contribution is 6.35. The van der Waals surface area contributed by atoms with Gasteiger partial charge >= 0.3 is 12.1 Å². The second-order valence-corrected chi connectivity index (χ2v) is 13.0. The normalized spacial score (nSPS) is 18.4. The number of pyridine rings is 1. The molecule has 10 nitrogen and oxygen atoms in total. The number of hydrogen-bond acceptors (Lipinski definition) is 8. The summed E-state index contributed by atoms with van der Waals surface area (Å²) in [5.41, 5.74) is 1.92. The van der Waals surface area contributed by atoms with Gasteiger partial charge in [0.15, 0.2) is 23.9 Å². The van der Waals surface area contributed by atoms with Crippen molar-refractivity contribution in [2.45, 2.75) is 38.0 Å². The molecular formula is C37H38Cl2FN3O7. The number of rotatable bonds is 11. The lowest BCUT2D eigenvalue weighted by Gasteiger charge is -2.44. The number of H-pyrrole nitrogens is 1. The molecule has 0 radical (unpaired) electrons. The maximum atomic E-state index is 15.7. The molecule has 2 atom stereocenters. The second-order valence-electron chi connectivity index (χ2n) is 12.1. The zero-order valence-corrected chi connectivity index (χ0v) is 29.1. The van der Waals surface area contributed by atoms with Gasteiger partial charge in [0, 0.05) is 24.2 Å². The molecule has 1 aromatic heterocycles.